The smallest absolute Gasteiger partial charge is 0.0750 e. The fourth-order valence-electron chi connectivity index (χ4n) is 3.23. The normalized spacial score (nSPS) is 39.4. The van der Waals surface area contributed by atoms with Gasteiger partial charge in [-0.05, 0) is 31.1 Å². The second-order valence-corrected chi connectivity index (χ2v) is 6.04. The van der Waals surface area contributed by atoms with E-state index in [1.807, 2.05) is 6.92 Å². The number of aliphatic hydroxyl groups excluding tert-OH is 1. The number of methoxy groups -OCH3 is 1. The highest BCUT2D eigenvalue weighted by Gasteiger charge is 2.49. The summed E-state index contributed by atoms with van der Waals surface area (Å²) in [4.78, 5) is 0. The van der Waals surface area contributed by atoms with Crippen LogP contribution in [0.1, 0.15) is 40.0 Å². The van der Waals surface area contributed by atoms with Crippen LogP contribution in [0.2, 0.25) is 0 Å². The molecule has 3 unspecified atom stereocenters. The van der Waals surface area contributed by atoms with Crippen LogP contribution in [0, 0.1) is 17.3 Å². The van der Waals surface area contributed by atoms with Gasteiger partial charge in [-0.2, -0.15) is 0 Å². The van der Waals surface area contributed by atoms with Crippen LogP contribution in [0.25, 0.3) is 0 Å². The number of hydrogen-bond donors (Lipinski definition) is 2. The van der Waals surface area contributed by atoms with E-state index in [2.05, 4.69) is 13.8 Å². The molecule has 1 aliphatic carbocycles. The molecular formula is C13H26O3. The van der Waals surface area contributed by atoms with Gasteiger partial charge in [-0.15, -0.1) is 0 Å². The molecule has 1 saturated carbocycles. The third-order valence-electron chi connectivity index (χ3n) is 4.11. The third kappa shape index (κ3) is 2.58. The van der Waals surface area contributed by atoms with E-state index in [9.17, 15) is 10.2 Å². The lowest BCUT2D eigenvalue weighted by Crippen LogP contribution is -2.55. The van der Waals surface area contributed by atoms with Crippen molar-refractivity contribution < 1.29 is 14.9 Å². The van der Waals surface area contributed by atoms with Crippen LogP contribution in [0.3, 0.4) is 0 Å². The maximum Gasteiger partial charge on any atom is 0.0750 e. The van der Waals surface area contributed by atoms with Crippen molar-refractivity contribution in [3.63, 3.8) is 0 Å². The minimum Gasteiger partial charge on any atom is -0.396 e. The first kappa shape index (κ1) is 13.9. The Morgan fingerprint density at radius 1 is 1.31 bits per heavy atom. The number of ether oxygens (including phenoxy) is 1. The van der Waals surface area contributed by atoms with Gasteiger partial charge in [-0.1, -0.05) is 20.8 Å². The fourth-order valence-corrected chi connectivity index (χ4v) is 3.23. The highest BCUT2D eigenvalue weighted by Crippen LogP contribution is 2.46. The fraction of sp³-hybridized carbons (Fsp3) is 1.00. The predicted molar refractivity (Wildman–Crippen MR) is 64.2 cm³/mol. The quantitative estimate of drug-likeness (QED) is 0.774. The Morgan fingerprint density at radius 2 is 1.81 bits per heavy atom. The Morgan fingerprint density at radius 3 is 2.19 bits per heavy atom. The summed E-state index contributed by atoms with van der Waals surface area (Å²) in [6, 6.07) is 0. The van der Waals surface area contributed by atoms with Crippen LogP contribution in [0.15, 0.2) is 0 Å². The maximum atomic E-state index is 10.8. The Kier molecular flexibility index (Phi) is 4.38. The van der Waals surface area contributed by atoms with Gasteiger partial charge in [-0.25, -0.2) is 0 Å². The molecule has 0 aromatic carbocycles. The van der Waals surface area contributed by atoms with Crippen LogP contribution >= 0.6 is 0 Å². The van der Waals surface area contributed by atoms with Crippen molar-refractivity contribution in [1.29, 1.82) is 0 Å². The summed E-state index contributed by atoms with van der Waals surface area (Å²) in [7, 11) is 1.62. The van der Waals surface area contributed by atoms with Crippen molar-refractivity contribution in [2.24, 2.45) is 17.3 Å². The molecular weight excluding hydrogens is 204 g/mol. The molecule has 0 amide bonds. The van der Waals surface area contributed by atoms with Crippen molar-refractivity contribution in [3.05, 3.63) is 0 Å². The first-order valence-electron chi connectivity index (χ1n) is 6.19. The highest BCUT2D eigenvalue weighted by atomic mass is 16.5. The Balaban J connectivity index is 2.88. The molecule has 96 valence electrons. The lowest BCUT2D eigenvalue weighted by atomic mass is 9.62. The lowest BCUT2D eigenvalue weighted by molar-refractivity contribution is -0.162. The summed E-state index contributed by atoms with van der Waals surface area (Å²) in [5.74, 6) is 1.02. The van der Waals surface area contributed by atoms with E-state index in [0.29, 0.717) is 18.4 Å². The molecule has 3 atom stereocenters. The maximum absolute atomic E-state index is 10.8. The molecule has 0 saturated heterocycles. The molecule has 0 heterocycles. The highest BCUT2D eigenvalue weighted by molar-refractivity contribution is 5.00. The van der Waals surface area contributed by atoms with Gasteiger partial charge in [0.2, 0.25) is 0 Å². The molecule has 3 nitrogen and oxygen atoms in total. The zero-order chi connectivity index (χ0) is 12.4. The Labute approximate surface area is 98.8 Å². The predicted octanol–water partition coefficient (Wildman–Crippen LogP) is 1.82. The van der Waals surface area contributed by atoms with Crippen molar-refractivity contribution in [2.45, 2.75) is 45.6 Å². The summed E-state index contributed by atoms with van der Waals surface area (Å²) in [6.45, 7) is 6.63. The van der Waals surface area contributed by atoms with Gasteiger partial charge in [0.15, 0.2) is 0 Å². The molecule has 0 radical (unpaired) electrons. The Bertz CT molecular complexity index is 219. The van der Waals surface area contributed by atoms with E-state index in [1.165, 1.54) is 0 Å². The lowest BCUT2D eigenvalue weighted by Gasteiger charge is -2.49. The average Bonchev–Trinajstić information content (AvgIpc) is 2.15. The van der Waals surface area contributed by atoms with Crippen LogP contribution < -0.4 is 0 Å². The molecule has 16 heavy (non-hydrogen) atoms. The van der Waals surface area contributed by atoms with Crippen molar-refractivity contribution >= 4 is 0 Å². The second kappa shape index (κ2) is 5.03. The monoisotopic (exact) mass is 230 g/mol. The topological polar surface area (TPSA) is 49.7 Å². The standard InChI is InChI=1S/C13H26O3/c1-10-5-11(2)7-13(15,6-10)12(3,8-14)9-16-4/h10-11,14-15H,5-9H2,1-4H3. The number of rotatable bonds is 4. The van der Waals surface area contributed by atoms with Gasteiger partial charge >= 0.3 is 0 Å². The minimum absolute atomic E-state index is 0.0310. The first-order chi connectivity index (χ1) is 7.37. The van der Waals surface area contributed by atoms with Gasteiger partial charge in [0, 0.05) is 12.5 Å². The Hall–Kier alpha value is -0.120. The average molecular weight is 230 g/mol. The summed E-state index contributed by atoms with van der Waals surface area (Å²) < 4.78 is 5.17. The molecule has 0 aromatic rings. The second-order valence-electron chi connectivity index (χ2n) is 6.04. The number of hydrogen-bond acceptors (Lipinski definition) is 3. The van der Waals surface area contributed by atoms with E-state index in [-0.39, 0.29) is 6.61 Å². The van der Waals surface area contributed by atoms with Gasteiger partial charge in [-0.3, -0.25) is 0 Å². The van der Waals surface area contributed by atoms with Gasteiger partial charge in [0.1, 0.15) is 0 Å². The molecule has 1 rings (SSSR count). The van der Waals surface area contributed by atoms with Crippen LogP contribution in [-0.2, 0) is 4.74 Å². The SMILES string of the molecule is COCC(C)(CO)C1(O)CC(C)CC(C)C1. The molecule has 0 aromatic heterocycles. The molecule has 0 aliphatic heterocycles. The van der Waals surface area contributed by atoms with Crippen LogP contribution in [0.5, 0.6) is 0 Å². The third-order valence-corrected chi connectivity index (χ3v) is 4.11. The first-order valence-corrected chi connectivity index (χ1v) is 6.19. The van der Waals surface area contributed by atoms with Gasteiger partial charge < -0.3 is 14.9 Å². The molecule has 0 spiro atoms. The molecule has 3 heteroatoms. The van der Waals surface area contributed by atoms with Crippen molar-refractivity contribution in [2.75, 3.05) is 20.3 Å². The van der Waals surface area contributed by atoms with E-state index >= 15 is 0 Å². The van der Waals surface area contributed by atoms with E-state index in [4.69, 9.17) is 4.74 Å². The summed E-state index contributed by atoms with van der Waals surface area (Å²) in [5, 5.41) is 20.4. The van der Waals surface area contributed by atoms with E-state index in [0.717, 1.165) is 19.3 Å². The zero-order valence-corrected chi connectivity index (χ0v) is 11.0. The van der Waals surface area contributed by atoms with Gasteiger partial charge in [0.05, 0.1) is 18.8 Å². The van der Waals surface area contributed by atoms with Crippen molar-refractivity contribution in [3.8, 4) is 0 Å². The van der Waals surface area contributed by atoms with Crippen molar-refractivity contribution in [1.82, 2.24) is 0 Å². The molecule has 2 N–H and O–H groups in total. The van der Waals surface area contributed by atoms with Crippen LogP contribution in [-0.4, -0.2) is 36.1 Å². The largest absolute Gasteiger partial charge is 0.396 e. The number of aliphatic hydroxyl groups is 2. The minimum atomic E-state index is -0.797. The molecule has 1 aliphatic rings. The summed E-state index contributed by atoms with van der Waals surface area (Å²) in [5.41, 5.74) is -1.35. The van der Waals surface area contributed by atoms with E-state index in [1.54, 1.807) is 7.11 Å². The summed E-state index contributed by atoms with van der Waals surface area (Å²) in [6.07, 6.45) is 2.69. The summed E-state index contributed by atoms with van der Waals surface area (Å²) >= 11 is 0. The van der Waals surface area contributed by atoms with Gasteiger partial charge in [0.25, 0.3) is 0 Å². The van der Waals surface area contributed by atoms with E-state index < -0.39 is 11.0 Å². The molecule has 0 bridgehead atoms. The zero-order valence-electron chi connectivity index (χ0n) is 11.0. The van der Waals surface area contributed by atoms with Crippen LogP contribution in [0.4, 0.5) is 0 Å². The molecule has 1 fully saturated rings.